The molecule has 2 amide bonds. The van der Waals surface area contributed by atoms with E-state index in [9.17, 15) is 9.59 Å². The van der Waals surface area contributed by atoms with Crippen molar-refractivity contribution in [3.05, 3.63) is 101 Å². The number of anilines is 1. The predicted octanol–water partition coefficient (Wildman–Crippen LogP) is 4.07. The van der Waals surface area contributed by atoms with Crippen molar-refractivity contribution in [2.75, 3.05) is 25.6 Å². The van der Waals surface area contributed by atoms with E-state index in [4.69, 9.17) is 4.74 Å². The van der Waals surface area contributed by atoms with E-state index in [1.54, 1.807) is 30.3 Å². The topological polar surface area (TPSA) is 83.0 Å². The van der Waals surface area contributed by atoms with Gasteiger partial charge in [0.05, 0.1) is 12.8 Å². The van der Waals surface area contributed by atoms with Gasteiger partial charge in [0.2, 0.25) is 0 Å². The molecule has 0 aromatic heterocycles. The summed E-state index contributed by atoms with van der Waals surface area (Å²) in [4.78, 5) is 27.6. The van der Waals surface area contributed by atoms with Crippen LogP contribution in [0.5, 0.6) is 5.75 Å². The minimum Gasteiger partial charge on any atom is -0.493 e. The molecule has 3 aromatic rings. The number of carbonyl (C=O) groups is 2. The van der Waals surface area contributed by atoms with Crippen LogP contribution >= 0.6 is 0 Å². The molecule has 0 spiro atoms. The average molecular weight is 457 g/mol. The monoisotopic (exact) mass is 456 g/mol. The third-order valence-corrected chi connectivity index (χ3v) is 4.84. The zero-order chi connectivity index (χ0) is 24.3. The van der Waals surface area contributed by atoms with E-state index in [0.717, 1.165) is 16.8 Å². The number of benzene rings is 3. The van der Waals surface area contributed by atoms with Gasteiger partial charge in [0, 0.05) is 30.9 Å². The van der Waals surface area contributed by atoms with Crippen LogP contribution in [0, 0.1) is 0 Å². The first kappa shape index (κ1) is 24.3. The Morgan fingerprint density at radius 1 is 0.941 bits per heavy atom. The molecule has 7 heteroatoms. The van der Waals surface area contributed by atoms with Crippen molar-refractivity contribution in [1.29, 1.82) is 0 Å². The van der Waals surface area contributed by atoms with E-state index in [-0.39, 0.29) is 5.70 Å². The second-order valence-corrected chi connectivity index (χ2v) is 7.53. The van der Waals surface area contributed by atoms with Gasteiger partial charge >= 0.3 is 0 Å². The number of nitrogens with one attached hydrogen (secondary N) is 2. The number of amides is 2. The van der Waals surface area contributed by atoms with Crippen LogP contribution in [0.4, 0.5) is 5.69 Å². The largest absolute Gasteiger partial charge is 0.493 e. The molecule has 0 atom stereocenters. The van der Waals surface area contributed by atoms with Crippen LogP contribution in [-0.2, 0) is 4.79 Å². The maximum atomic E-state index is 12.9. The van der Waals surface area contributed by atoms with Gasteiger partial charge in [-0.2, -0.15) is 5.10 Å². The third-order valence-electron chi connectivity index (χ3n) is 4.84. The van der Waals surface area contributed by atoms with Crippen LogP contribution in [-0.4, -0.2) is 38.7 Å². The summed E-state index contributed by atoms with van der Waals surface area (Å²) >= 11 is 0. The normalized spacial score (nSPS) is 11.2. The summed E-state index contributed by atoms with van der Waals surface area (Å²) in [7, 11) is 3.90. The van der Waals surface area contributed by atoms with E-state index >= 15 is 0 Å². The lowest BCUT2D eigenvalue weighted by Crippen LogP contribution is -2.32. The lowest BCUT2D eigenvalue weighted by atomic mass is 10.1. The number of hydrogen-bond acceptors (Lipinski definition) is 5. The molecule has 0 saturated heterocycles. The van der Waals surface area contributed by atoms with Crippen molar-refractivity contribution < 1.29 is 14.3 Å². The molecule has 0 fully saturated rings. The second-order valence-electron chi connectivity index (χ2n) is 7.53. The fourth-order valence-electron chi connectivity index (χ4n) is 3.07. The van der Waals surface area contributed by atoms with Crippen LogP contribution in [0.15, 0.2) is 89.7 Å². The molecular formula is C27H28N4O3. The van der Waals surface area contributed by atoms with Gasteiger partial charge in [-0.05, 0) is 55.0 Å². The molecule has 174 valence electrons. The number of nitrogens with zero attached hydrogens (tertiary/aromatic N) is 2. The fourth-order valence-corrected chi connectivity index (χ4v) is 3.07. The van der Waals surface area contributed by atoms with Crippen molar-refractivity contribution in [2.24, 2.45) is 5.10 Å². The Kier molecular flexibility index (Phi) is 8.57. The number of hydrazone groups is 1. The van der Waals surface area contributed by atoms with Gasteiger partial charge in [0.15, 0.2) is 0 Å². The molecule has 34 heavy (non-hydrogen) atoms. The van der Waals surface area contributed by atoms with Crippen LogP contribution in [0.2, 0.25) is 0 Å². The van der Waals surface area contributed by atoms with Gasteiger partial charge in [-0.1, -0.05) is 42.5 Å². The highest BCUT2D eigenvalue weighted by atomic mass is 16.5. The SMILES string of the molecule is CCOc1ccccc1C=NNC(=O)C(=Cc1ccc(N(C)C)cc1)NC(=O)c1ccccc1. The first-order valence-electron chi connectivity index (χ1n) is 10.9. The van der Waals surface area contributed by atoms with Crippen molar-refractivity contribution in [3.8, 4) is 5.75 Å². The van der Waals surface area contributed by atoms with Crippen molar-refractivity contribution in [1.82, 2.24) is 10.7 Å². The molecule has 7 nitrogen and oxygen atoms in total. The highest BCUT2D eigenvalue weighted by Crippen LogP contribution is 2.16. The Morgan fingerprint density at radius 3 is 2.29 bits per heavy atom. The zero-order valence-electron chi connectivity index (χ0n) is 19.5. The lowest BCUT2D eigenvalue weighted by molar-refractivity contribution is -0.117. The maximum Gasteiger partial charge on any atom is 0.287 e. The van der Waals surface area contributed by atoms with Crippen LogP contribution in [0.3, 0.4) is 0 Å². The first-order chi connectivity index (χ1) is 16.5. The molecule has 0 heterocycles. The van der Waals surface area contributed by atoms with Gasteiger partial charge < -0.3 is 15.0 Å². The first-order valence-corrected chi connectivity index (χ1v) is 10.9. The molecule has 3 aromatic carbocycles. The summed E-state index contributed by atoms with van der Waals surface area (Å²) < 4.78 is 5.57. The summed E-state index contributed by atoms with van der Waals surface area (Å²) in [5, 5.41) is 6.76. The molecular weight excluding hydrogens is 428 g/mol. The van der Waals surface area contributed by atoms with Crippen LogP contribution in [0.1, 0.15) is 28.4 Å². The number of ether oxygens (including phenoxy) is 1. The van der Waals surface area contributed by atoms with E-state index in [2.05, 4.69) is 15.8 Å². The summed E-state index contributed by atoms with van der Waals surface area (Å²) in [5.74, 6) is -0.277. The summed E-state index contributed by atoms with van der Waals surface area (Å²) in [6.07, 6.45) is 3.12. The number of rotatable bonds is 9. The minimum atomic E-state index is -0.550. The molecule has 3 rings (SSSR count). The summed E-state index contributed by atoms with van der Waals surface area (Å²) in [6, 6.07) is 23.7. The van der Waals surface area contributed by atoms with Crippen molar-refractivity contribution in [2.45, 2.75) is 6.92 Å². The number of para-hydroxylation sites is 1. The van der Waals surface area contributed by atoms with E-state index in [1.807, 2.05) is 80.5 Å². The van der Waals surface area contributed by atoms with Gasteiger partial charge in [-0.3, -0.25) is 9.59 Å². The Balaban J connectivity index is 1.82. The molecule has 0 bridgehead atoms. The standard InChI is InChI=1S/C27H28N4O3/c1-4-34-25-13-9-8-12-22(25)19-28-30-27(33)24(29-26(32)21-10-6-5-7-11-21)18-20-14-16-23(17-15-20)31(2)3/h5-19H,4H2,1-3H3,(H,29,32)(H,30,33). The Morgan fingerprint density at radius 2 is 1.62 bits per heavy atom. The van der Waals surface area contributed by atoms with Gasteiger partial charge in [0.1, 0.15) is 11.4 Å². The van der Waals surface area contributed by atoms with Gasteiger partial charge in [0.25, 0.3) is 11.8 Å². The van der Waals surface area contributed by atoms with E-state index in [0.29, 0.717) is 17.9 Å². The van der Waals surface area contributed by atoms with Gasteiger partial charge in [-0.15, -0.1) is 0 Å². The van der Waals surface area contributed by atoms with E-state index < -0.39 is 11.8 Å². The van der Waals surface area contributed by atoms with Crippen LogP contribution in [0.25, 0.3) is 6.08 Å². The Bertz CT molecular complexity index is 1170. The van der Waals surface area contributed by atoms with Crippen LogP contribution < -0.4 is 20.4 Å². The maximum absolute atomic E-state index is 12.9. The summed E-state index contributed by atoms with van der Waals surface area (Å²) in [5.41, 5.74) is 5.51. The minimum absolute atomic E-state index is 0.0710. The quantitative estimate of drug-likeness (QED) is 0.289. The van der Waals surface area contributed by atoms with Crippen molar-refractivity contribution in [3.63, 3.8) is 0 Å². The Hall–Kier alpha value is -4.39. The highest BCUT2D eigenvalue weighted by Gasteiger charge is 2.14. The average Bonchev–Trinajstić information content (AvgIpc) is 2.85. The third kappa shape index (κ3) is 6.80. The Labute approximate surface area is 199 Å². The predicted molar refractivity (Wildman–Crippen MR) is 136 cm³/mol. The summed E-state index contributed by atoms with van der Waals surface area (Å²) in [6.45, 7) is 2.41. The fraction of sp³-hybridized carbons (Fsp3) is 0.148. The molecule has 0 aliphatic rings. The lowest BCUT2D eigenvalue weighted by Gasteiger charge is -2.13. The molecule has 0 saturated carbocycles. The molecule has 2 N–H and O–H groups in total. The molecule has 0 radical (unpaired) electrons. The second kappa shape index (κ2) is 12.0. The molecule has 0 aliphatic heterocycles. The zero-order valence-corrected chi connectivity index (χ0v) is 19.5. The smallest absolute Gasteiger partial charge is 0.287 e. The highest BCUT2D eigenvalue weighted by molar-refractivity contribution is 6.05. The number of hydrogen-bond donors (Lipinski definition) is 2. The van der Waals surface area contributed by atoms with Crippen molar-refractivity contribution >= 4 is 29.8 Å². The van der Waals surface area contributed by atoms with Gasteiger partial charge in [-0.25, -0.2) is 5.43 Å². The molecule has 0 aliphatic carbocycles. The number of carbonyl (C=O) groups excluding carboxylic acids is 2. The van der Waals surface area contributed by atoms with E-state index in [1.165, 1.54) is 6.21 Å². The molecule has 0 unspecified atom stereocenters.